The van der Waals surface area contributed by atoms with Crippen molar-refractivity contribution in [2.75, 3.05) is 19.7 Å². The number of rotatable bonds is 3. The number of carbonyl (C=O) groups is 2. The monoisotopic (exact) mass is 291 g/mol. The molecule has 0 aromatic carbocycles. The molecule has 2 atom stereocenters. The lowest BCUT2D eigenvalue weighted by Gasteiger charge is -2.17. The van der Waals surface area contributed by atoms with E-state index >= 15 is 0 Å². The average Bonchev–Trinajstić information content (AvgIpc) is 3.07. The molecule has 3 rings (SSSR count). The van der Waals surface area contributed by atoms with Crippen LogP contribution in [0.2, 0.25) is 0 Å². The maximum Gasteiger partial charge on any atom is 0.311 e. The lowest BCUT2D eigenvalue weighted by Crippen LogP contribution is -2.31. The highest BCUT2D eigenvalue weighted by Gasteiger charge is 2.45. The van der Waals surface area contributed by atoms with Crippen LogP contribution in [0.15, 0.2) is 0 Å². The Hall–Kier alpha value is -1.85. The van der Waals surface area contributed by atoms with Crippen LogP contribution in [-0.4, -0.2) is 46.3 Å². The fourth-order valence-corrected chi connectivity index (χ4v) is 3.38. The zero-order valence-electron chi connectivity index (χ0n) is 12.8. The Kier molecular flexibility index (Phi) is 3.47. The van der Waals surface area contributed by atoms with E-state index in [0.717, 1.165) is 17.0 Å². The quantitative estimate of drug-likeness (QED) is 0.765. The molecule has 6 heteroatoms. The van der Waals surface area contributed by atoms with E-state index in [1.807, 2.05) is 30.5 Å². The van der Waals surface area contributed by atoms with Gasteiger partial charge in [-0.2, -0.15) is 5.10 Å². The predicted molar refractivity (Wildman–Crippen MR) is 75.5 cm³/mol. The van der Waals surface area contributed by atoms with Crippen LogP contribution in [-0.2, 0) is 27.8 Å². The zero-order valence-corrected chi connectivity index (χ0v) is 12.8. The zero-order chi connectivity index (χ0) is 15.1. The molecule has 1 aromatic rings. The van der Waals surface area contributed by atoms with Crippen molar-refractivity contribution >= 4 is 11.9 Å². The van der Waals surface area contributed by atoms with Gasteiger partial charge in [0.1, 0.15) is 0 Å². The fraction of sp³-hybridized carbons (Fsp3) is 0.667. The van der Waals surface area contributed by atoms with Gasteiger partial charge >= 0.3 is 5.97 Å². The van der Waals surface area contributed by atoms with Crippen molar-refractivity contribution in [1.82, 2.24) is 14.7 Å². The minimum absolute atomic E-state index is 0.101. The molecular weight excluding hydrogens is 270 g/mol. The lowest BCUT2D eigenvalue weighted by atomic mass is 10.0. The Labute approximate surface area is 124 Å². The van der Waals surface area contributed by atoms with Crippen LogP contribution in [0.1, 0.15) is 23.4 Å². The number of hydrogen-bond donors (Lipinski definition) is 0. The minimum atomic E-state index is -0.144. The van der Waals surface area contributed by atoms with Gasteiger partial charge in [-0.05, 0) is 25.8 Å². The SMILES string of the molecule is Cc1nn(C)c(C)c1CCC(=O)N1C[C@@H]2COC(=O)[C@@H]2C1. The van der Waals surface area contributed by atoms with E-state index in [-0.39, 0.29) is 23.7 Å². The summed E-state index contributed by atoms with van der Waals surface area (Å²) in [5, 5.41) is 4.37. The standard InChI is InChI=1S/C15H21N3O3/c1-9-12(10(2)17(3)16-9)4-5-14(19)18-6-11-8-21-15(20)13(11)7-18/h11,13H,4-8H2,1-3H3/t11-,13-/m1/s1. The van der Waals surface area contributed by atoms with E-state index in [1.54, 1.807) is 0 Å². The third-order valence-electron chi connectivity index (χ3n) is 4.78. The first-order chi connectivity index (χ1) is 9.97. The molecule has 0 saturated carbocycles. The van der Waals surface area contributed by atoms with E-state index < -0.39 is 0 Å². The van der Waals surface area contributed by atoms with Crippen molar-refractivity contribution in [1.29, 1.82) is 0 Å². The van der Waals surface area contributed by atoms with Gasteiger partial charge < -0.3 is 9.64 Å². The molecule has 6 nitrogen and oxygen atoms in total. The minimum Gasteiger partial charge on any atom is -0.465 e. The van der Waals surface area contributed by atoms with E-state index in [0.29, 0.717) is 32.5 Å². The summed E-state index contributed by atoms with van der Waals surface area (Å²) in [6.45, 7) is 5.64. The fourth-order valence-electron chi connectivity index (χ4n) is 3.38. The van der Waals surface area contributed by atoms with Gasteiger partial charge in [0.2, 0.25) is 5.91 Å². The van der Waals surface area contributed by atoms with Crippen LogP contribution >= 0.6 is 0 Å². The topological polar surface area (TPSA) is 64.4 Å². The maximum absolute atomic E-state index is 12.3. The number of likely N-dealkylation sites (tertiary alicyclic amines) is 1. The Morgan fingerprint density at radius 1 is 1.38 bits per heavy atom. The highest BCUT2D eigenvalue weighted by molar-refractivity contribution is 5.80. The molecule has 3 heterocycles. The number of esters is 1. The van der Waals surface area contributed by atoms with Crippen molar-refractivity contribution in [3.63, 3.8) is 0 Å². The summed E-state index contributed by atoms with van der Waals surface area (Å²) < 4.78 is 6.88. The lowest BCUT2D eigenvalue weighted by molar-refractivity contribution is -0.142. The van der Waals surface area contributed by atoms with Gasteiger partial charge in [0.25, 0.3) is 0 Å². The summed E-state index contributed by atoms with van der Waals surface area (Å²) >= 11 is 0. The molecule has 1 aromatic heterocycles. The van der Waals surface area contributed by atoms with E-state index in [4.69, 9.17) is 4.74 Å². The third kappa shape index (κ3) is 2.43. The van der Waals surface area contributed by atoms with Crippen LogP contribution < -0.4 is 0 Å². The molecule has 0 N–H and O–H groups in total. The van der Waals surface area contributed by atoms with Gasteiger partial charge in [-0.3, -0.25) is 14.3 Å². The van der Waals surface area contributed by atoms with Crippen LogP contribution in [0, 0.1) is 25.7 Å². The average molecular weight is 291 g/mol. The summed E-state index contributed by atoms with van der Waals surface area (Å²) in [5.74, 6) is 0.0771. The maximum atomic E-state index is 12.3. The normalized spacial score (nSPS) is 24.3. The number of amides is 1. The summed E-state index contributed by atoms with van der Waals surface area (Å²) in [6, 6.07) is 0. The second kappa shape index (κ2) is 5.16. The highest BCUT2D eigenvalue weighted by Crippen LogP contribution is 2.30. The molecule has 21 heavy (non-hydrogen) atoms. The molecule has 2 aliphatic heterocycles. The second-order valence-electron chi connectivity index (χ2n) is 6.07. The van der Waals surface area contributed by atoms with Crippen LogP contribution in [0.25, 0.3) is 0 Å². The molecule has 0 spiro atoms. The number of nitrogens with zero attached hydrogens (tertiary/aromatic N) is 3. The first kappa shape index (κ1) is 14.1. The van der Waals surface area contributed by atoms with Gasteiger partial charge in [-0.25, -0.2) is 0 Å². The van der Waals surface area contributed by atoms with Crippen molar-refractivity contribution in [2.45, 2.75) is 26.7 Å². The van der Waals surface area contributed by atoms with Gasteiger partial charge in [0.05, 0.1) is 18.2 Å². The Bertz CT molecular complexity index is 593. The Balaban J connectivity index is 1.59. The molecule has 2 fully saturated rings. The number of fused-ring (bicyclic) bond motifs is 1. The number of ether oxygens (including phenoxy) is 1. The van der Waals surface area contributed by atoms with E-state index in [1.165, 1.54) is 0 Å². The smallest absolute Gasteiger partial charge is 0.311 e. The largest absolute Gasteiger partial charge is 0.465 e. The van der Waals surface area contributed by atoms with E-state index in [9.17, 15) is 9.59 Å². The van der Waals surface area contributed by atoms with Gasteiger partial charge in [0.15, 0.2) is 0 Å². The summed E-state index contributed by atoms with van der Waals surface area (Å²) in [4.78, 5) is 25.7. The van der Waals surface area contributed by atoms with E-state index in [2.05, 4.69) is 5.10 Å². The van der Waals surface area contributed by atoms with Crippen molar-refractivity contribution in [3.05, 3.63) is 17.0 Å². The van der Waals surface area contributed by atoms with Crippen molar-refractivity contribution < 1.29 is 14.3 Å². The summed E-state index contributed by atoms with van der Waals surface area (Å²) in [5.41, 5.74) is 3.26. The molecule has 0 aliphatic carbocycles. The second-order valence-corrected chi connectivity index (χ2v) is 6.07. The van der Waals surface area contributed by atoms with Gasteiger partial charge in [-0.1, -0.05) is 0 Å². The van der Waals surface area contributed by atoms with Crippen LogP contribution in [0.5, 0.6) is 0 Å². The number of aromatic nitrogens is 2. The van der Waals surface area contributed by atoms with Gasteiger partial charge in [-0.15, -0.1) is 0 Å². The van der Waals surface area contributed by atoms with Crippen molar-refractivity contribution in [2.24, 2.45) is 18.9 Å². The highest BCUT2D eigenvalue weighted by atomic mass is 16.5. The molecule has 2 saturated heterocycles. The Morgan fingerprint density at radius 2 is 2.14 bits per heavy atom. The first-order valence-electron chi connectivity index (χ1n) is 7.41. The van der Waals surface area contributed by atoms with Gasteiger partial charge in [0, 0.05) is 38.2 Å². The van der Waals surface area contributed by atoms with Crippen molar-refractivity contribution in [3.8, 4) is 0 Å². The molecule has 0 radical (unpaired) electrons. The van der Waals surface area contributed by atoms with Crippen LogP contribution in [0.4, 0.5) is 0 Å². The number of carbonyl (C=O) groups excluding carboxylic acids is 2. The molecular formula is C15H21N3O3. The molecule has 2 aliphatic rings. The summed E-state index contributed by atoms with van der Waals surface area (Å²) in [6.07, 6.45) is 1.18. The third-order valence-corrected chi connectivity index (χ3v) is 4.78. The first-order valence-corrected chi connectivity index (χ1v) is 7.41. The predicted octanol–water partition coefficient (Wildman–Crippen LogP) is 0.601. The molecule has 114 valence electrons. The number of cyclic esters (lactones) is 1. The number of aryl methyl sites for hydroxylation is 2. The Morgan fingerprint density at radius 3 is 2.76 bits per heavy atom. The van der Waals surface area contributed by atoms with Crippen LogP contribution in [0.3, 0.4) is 0 Å². The summed E-state index contributed by atoms with van der Waals surface area (Å²) in [7, 11) is 1.92. The molecule has 0 unspecified atom stereocenters. The number of hydrogen-bond acceptors (Lipinski definition) is 4. The molecule has 1 amide bonds. The molecule has 0 bridgehead atoms.